The minimum absolute atomic E-state index is 0.0191. The van der Waals surface area contributed by atoms with Gasteiger partial charge in [0.05, 0.1) is 10.4 Å². The molecular weight excluding hydrogens is 435 g/mol. The van der Waals surface area contributed by atoms with Gasteiger partial charge in [0, 0.05) is 23.5 Å². The van der Waals surface area contributed by atoms with Crippen LogP contribution in [0.25, 0.3) is 10.9 Å². The molecule has 2 aromatic carbocycles. The third kappa shape index (κ3) is 4.46. The van der Waals surface area contributed by atoms with E-state index in [2.05, 4.69) is 4.98 Å². The van der Waals surface area contributed by atoms with Crippen molar-refractivity contribution in [2.45, 2.75) is 31.8 Å². The van der Waals surface area contributed by atoms with Crippen molar-refractivity contribution in [3.8, 4) is 0 Å². The highest BCUT2D eigenvalue weighted by atomic mass is 32.2. The molecule has 0 aliphatic carbocycles. The number of aryl methyl sites for hydroxylation is 2. The number of nitrogens with zero attached hydrogens (tertiary/aromatic N) is 1. The van der Waals surface area contributed by atoms with Crippen molar-refractivity contribution in [1.82, 2.24) is 9.29 Å². The van der Waals surface area contributed by atoms with Crippen molar-refractivity contribution in [2.24, 2.45) is 0 Å². The third-order valence-electron chi connectivity index (χ3n) is 5.08. The highest BCUT2D eigenvalue weighted by Gasteiger charge is 2.26. The molecule has 5 nitrogen and oxygen atoms in total. The molecule has 4 aromatic rings. The first kappa shape index (κ1) is 21.4. The fourth-order valence-corrected chi connectivity index (χ4v) is 5.79. The number of fused-ring (bicyclic) bond motifs is 1. The Labute approximate surface area is 183 Å². The summed E-state index contributed by atoms with van der Waals surface area (Å²) in [7, 11) is -3.96. The predicted molar refractivity (Wildman–Crippen MR) is 121 cm³/mol. The smallest absolute Gasteiger partial charge is 0.252 e. The van der Waals surface area contributed by atoms with Gasteiger partial charge in [0.2, 0.25) is 10.0 Å². The number of pyridine rings is 1. The Hall–Kier alpha value is -2.81. The van der Waals surface area contributed by atoms with Crippen molar-refractivity contribution < 1.29 is 12.8 Å². The van der Waals surface area contributed by atoms with Gasteiger partial charge in [-0.25, -0.2) is 12.8 Å². The van der Waals surface area contributed by atoms with E-state index in [9.17, 15) is 17.6 Å². The average Bonchev–Trinajstić information content (AvgIpc) is 3.22. The normalized spacial score (nSPS) is 12.0. The van der Waals surface area contributed by atoms with Gasteiger partial charge in [0.15, 0.2) is 0 Å². The van der Waals surface area contributed by atoms with E-state index in [1.807, 2.05) is 43.5 Å². The van der Waals surface area contributed by atoms with Gasteiger partial charge in [0.1, 0.15) is 5.82 Å². The standard InChI is InChI=1S/C23H21FN2O3S2/c1-15-10-16(2)22-17(11-15)12-18(23(27)25-22)13-26(14-20-4-3-9-30-20)31(28,29)21-7-5-19(24)6-8-21/h3-12H,13-14H2,1-2H3,(H,25,27). The summed E-state index contributed by atoms with van der Waals surface area (Å²) in [6.07, 6.45) is 0. The quantitative estimate of drug-likeness (QED) is 0.456. The van der Waals surface area contributed by atoms with Crippen molar-refractivity contribution in [2.75, 3.05) is 0 Å². The van der Waals surface area contributed by atoms with Crippen LogP contribution in [-0.4, -0.2) is 17.7 Å². The summed E-state index contributed by atoms with van der Waals surface area (Å²) in [5.74, 6) is -0.513. The monoisotopic (exact) mass is 456 g/mol. The van der Waals surface area contributed by atoms with E-state index < -0.39 is 15.8 Å². The Bertz CT molecular complexity index is 1390. The van der Waals surface area contributed by atoms with Crippen LogP contribution in [0.4, 0.5) is 4.39 Å². The fraction of sp³-hybridized carbons (Fsp3) is 0.174. The van der Waals surface area contributed by atoms with E-state index in [1.165, 1.54) is 27.8 Å². The molecule has 0 bridgehead atoms. The molecule has 2 heterocycles. The van der Waals surface area contributed by atoms with Gasteiger partial charge in [-0.2, -0.15) is 4.31 Å². The van der Waals surface area contributed by atoms with Gasteiger partial charge in [0.25, 0.3) is 5.56 Å². The van der Waals surface area contributed by atoms with Crippen LogP contribution >= 0.6 is 11.3 Å². The number of hydrogen-bond acceptors (Lipinski definition) is 4. The van der Waals surface area contributed by atoms with E-state index in [1.54, 1.807) is 6.07 Å². The highest BCUT2D eigenvalue weighted by molar-refractivity contribution is 7.89. The number of aromatic amines is 1. The lowest BCUT2D eigenvalue weighted by Gasteiger charge is -2.22. The lowest BCUT2D eigenvalue weighted by Crippen LogP contribution is -2.32. The number of aromatic nitrogens is 1. The van der Waals surface area contributed by atoms with E-state index in [-0.39, 0.29) is 23.5 Å². The Kier molecular flexibility index (Phi) is 5.79. The minimum atomic E-state index is -3.96. The van der Waals surface area contributed by atoms with Crippen LogP contribution in [0.3, 0.4) is 0 Å². The summed E-state index contributed by atoms with van der Waals surface area (Å²) in [6.45, 7) is 3.91. The summed E-state index contributed by atoms with van der Waals surface area (Å²) >= 11 is 1.43. The molecule has 160 valence electrons. The van der Waals surface area contributed by atoms with Crippen LogP contribution in [0.15, 0.2) is 69.7 Å². The maximum atomic E-state index is 13.4. The molecule has 0 fully saturated rings. The number of sulfonamides is 1. The molecule has 0 saturated heterocycles. The number of halogens is 1. The first-order chi connectivity index (χ1) is 14.7. The largest absolute Gasteiger partial charge is 0.321 e. The van der Waals surface area contributed by atoms with E-state index in [0.717, 1.165) is 39.0 Å². The average molecular weight is 457 g/mol. The van der Waals surface area contributed by atoms with Crippen molar-refractivity contribution in [3.05, 3.63) is 97.7 Å². The molecule has 0 unspecified atom stereocenters. The number of thiophene rings is 1. The van der Waals surface area contributed by atoms with Gasteiger partial charge in [-0.1, -0.05) is 17.7 Å². The molecule has 2 aromatic heterocycles. The molecule has 31 heavy (non-hydrogen) atoms. The van der Waals surface area contributed by atoms with E-state index in [0.29, 0.717) is 5.56 Å². The molecule has 0 saturated carbocycles. The zero-order valence-electron chi connectivity index (χ0n) is 17.1. The summed E-state index contributed by atoms with van der Waals surface area (Å²) in [5.41, 5.74) is 2.76. The first-order valence-electron chi connectivity index (χ1n) is 9.65. The van der Waals surface area contributed by atoms with Crippen LogP contribution in [0.2, 0.25) is 0 Å². The third-order valence-corrected chi connectivity index (χ3v) is 7.75. The summed E-state index contributed by atoms with van der Waals surface area (Å²) in [4.78, 5) is 16.5. The molecule has 0 aliphatic rings. The molecule has 8 heteroatoms. The number of H-pyrrole nitrogens is 1. The number of hydrogen-bond donors (Lipinski definition) is 1. The zero-order valence-corrected chi connectivity index (χ0v) is 18.7. The van der Waals surface area contributed by atoms with Gasteiger partial charge < -0.3 is 4.98 Å². The van der Waals surface area contributed by atoms with Crippen LogP contribution in [-0.2, 0) is 23.1 Å². The van der Waals surface area contributed by atoms with Crippen LogP contribution in [0.1, 0.15) is 21.6 Å². The zero-order chi connectivity index (χ0) is 22.2. The second-order valence-electron chi connectivity index (χ2n) is 7.48. The molecule has 1 N–H and O–H groups in total. The summed E-state index contributed by atoms with van der Waals surface area (Å²) in [6, 6.07) is 14.1. The van der Waals surface area contributed by atoms with Gasteiger partial charge in [-0.15, -0.1) is 11.3 Å². The maximum Gasteiger partial charge on any atom is 0.252 e. The second kappa shape index (κ2) is 8.37. The lowest BCUT2D eigenvalue weighted by atomic mass is 10.1. The maximum absolute atomic E-state index is 13.4. The molecule has 0 aliphatic heterocycles. The second-order valence-corrected chi connectivity index (χ2v) is 10.4. The fourth-order valence-electron chi connectivity index (χ4n) is 3.60. The topological polar surface area (TPSA) is 70.2 Å². The van der Waals surface area contributed by atoms with E-state index in [4.69, 9.17) is 0 Å². The van der Waals surface area contributed by atoms with Crippen LogP contribution in [0.5, 0.6) is 0 Å². The summed E-state index contributed by atoms with van der Waals surface area (Å²) < 4.78 is 41.3. The van der Waals surface area contributed by atoms with E-state index >= 15 is 0 Å². The SMILES string of the molecule is Cc1cc(C)c2[nH]c(=O)c(CN(Cc3cccs3)S(=O)(=O)c3ccc(F)cc3)cc2c1. The van der Waals surface area contributed by atoms with Crippen molar-refractivity contribution in [3.63, 3.8) is 0 Å². The Morgan fingerprint density at radius 3 is 2.45 bits per heavy atom. The molecule has 0 amide bonds. The lowest BCUT2D eigenvalue weighted by molar-refractivity contribution is 0.402. The van der Waals surface area contributed by atoms with Gasteiger partial charge in [-0.3, -0.25) is 4.79 Å². The molecule has 0 radical (unpaired) electrons. The van der Waals surface area contributed by atoms with Gasteiger partial charge in [-0.05, 0) is 72.6 Å². The van der Waals surface area contributed by atoms with Gasteiger partial charge >= 0.3 is 0 Å². The van der Waals surface area contributed by atoms with Crippen molar-refractivity contribution >= 4 is 32.3 Å². The summed E-state index contributed by atoms with van der Waals surface area (Å²) in [5, 5.41) is 2.72. The minimum Gasteiger partial charge on any atom is -0.321 e. The molecule has 4 rings (SSSR count). The Morgan fingerprint density at radius 1 is 1.03 bits per heavy atom. The highest BCUT2D eigenvalue weighted by Crippen LogP contribution is 2.24. The Balaban J connectivity index is 1.78. The van der Waals surface area contributed by atoms with Crippen LogP contribution in [0, 0.1) is 19.7 Å². The molecular formula is C23H21FN2O3S2. The molecule has 0 spiro atoms. The predicted octanol–water partition coefficient (Wildman–Crippen LogP) is 4.74. The number of rotatable bonds is 6. The Morgan fingerprint density at radius 2 is 1.77 bits per heavy atom. The molecule has 0 atom stereocenters. The number of benzene rings is 2. The van der Waals surface area contributed by atoms with Crippen LogP contribution < -0.4 is 5.56 Å². The number of nitrogens with one attached hydrogen (secondary N) is 1. The van der Waals surface area contributed by atoms with Crippen molar-refractivity contribution in [1.29, 1.82) is 0 Å². The first-order valence-corrected chi connectivity index (χ1v) is 12.0.